The van der Waals surface area contributed by atoms with E-state index in [1.165, 1.54) is 25.7 Å². The molecule has 0 aromatic carbocycles. The molecule has 0 aromatic heterocycles. The second-order valence-corrected chi connectivity index (χ2v) is 5.70. The smallest absolute Gasteiger partial charge is 0.320 e. The van der Waals surface area contributed by atoms with Gasteiger partial charge in [0.15, 0.2) is 0 Å². The highest BCUT2D eigenvalue weighted by atomic mass is 16.5. The average molecular weight is 255 g/mol. The molecule has 104 valence electrons. The SMILES string of the molecule is CC1CCC(COC(=O)CN2CCOCC2)CC1. The molecule has 1 aliphatic heterocycles. The van der Waals surface area contributed by atoms with Gasteiger partial charge in [0.05, 0.1) is 26.4 Å². The summed E-state index contributed by atoms with van der Waals surface area (Å²) in [7, 11) is 0. The highest BCUT2D eigenvalue weighted by Gasteiger charge is 2.20. The summed E-state index contributed by atoms with van der Waals surface area (Å²) in [6.07, 6.45) is 5.00. The molecule has 0 unspecified atom stereocenters. The normalized spacial score (nSPS) is 30.1. The van der Waals surface area contributed by atoms with Gasteiger partial charge < -0.3 is 9.47 Å². The molecule has 1 saturated carbocycles. The summed E-state index contributed by atoms with van der Waals surface area (Å²) in [5.74, 6) is 1.37. The maximum atomic E-state index is 11.7. The summed E-state index contributed by atoms with van der Waals surface area (Å²) in [5, 5.41) is 0. The van der Waals surface area contributed by atoms with Crippen molar-refractivity contribution in [1.29, 1.82) is 0 Å². The second kappa shape index (κ2) is 7.10. The number of carbonyl (C=O) groups is 1. The summed E-state index contributed by atoms with van der Waals surface area (Å²) in [6, 6.07) is 0. The molecule has 2 rings (SSSR count). The van der Waals surface area contributed by atoms with Crippen LogP contribution >= 0.6 is 0 Å². The third-order valence-electron chi connectivity index (χ3n) is 4.07. The summed E-state index contributed by atoms with van der Waals surface area (Å²) in [5.41, 5.74) is 0. The van der Waals surface area contributed by atoms with Gasteiger partial charge in [0, 0.05) is 13.1 Å². The number of rotatable bonds is 4. The van der Waals surface area contributed by atoms with E-state index >= 15 is 0 Å². The van der Waals surface area contributed by atoms with Crippen LogP contribution in [0.3, 0.4) is 0 Å². The number of hydrogen-bond acceptors (Lipinski definition) is 4. The van der Waals surface area contributed by atoms with Gasteiger partial charge in [0.1, 0.15) is 0 Å². The molecule has 4 heteroatoms. The summed E-state index contributed by atoms with van der Waals surface area (Å²) >= 11 is 0. The van der Waals surface area contributed by atoms with Gasteiger partial charge in [0.2, 0.25) is 0 Å². The molecule has 0 aromatic rings. The van der Waals surface area contributed by atoms with E-state index in [1.54, 1.807) is 0 Å². The predicted octanol–water partition coefficient (Wildman–Crippen LogP) is 1.69. The molecule has 2 aliphatic rings. The van der Waals surface area contributed by atoms with Gasteiger partial charge in [0.25, 0.3) is 0 Å². The van der Waals surface area contributed by atoms with E-state index in [4.69, 9.17) is 9.47 Å². The van der Waals surface area contributed by atoms with Crippen molar-refractivity contribution in [3.8, 4) is 0 Å². The van der Waals surface area contributed by atoms with E-state index < -0.39 is 0 Å². The quantitative estimate of drug-likeness (QED) is 0.717. The van der Waals surface area contributed by atoms with E-state index in [9.17, 15) is 4.79 Å². The Morgan fingerprint density at radius 1 is 1.22 bits per heavy atom. The molecule has 18 heavy (non-hydrogen) atoms. The van der Waals surface area contributed by atoms with Gasteiger partial charge in [-0.05, 0) is 24.7 Å². The average Bonchev–Trinajstić information content (AvgIpc) is 2.39. The summed E-state index contributed by atoms with van der Waals surface area (Å²) < 4.78 is 10.7. The fraction of sp³-hybridized carbons (Fsp3) is 0.929. The molecule has 2 fully saturated rings. The van der Waals surface area contributed by atoms with Crippen LogP contribution in [0.2, 0.25) is 0 Å². The van der Waals surface area contributed by atoms with Crippen LogP contribution in [0.5, 0.6) is 0 Å². The maximum Gasteiger partial charge on any atom is 0.320 e. The summed E-state index contributed by atoms with van der Waals surface area (Å²) in [6.45, 7) is 6.50. The van der Waals surface area contributed by atoms with Gasteiger partial charge in [-0.1, -0.05) is 19.8 Å². The van der Waals surface area contributed by atoms with E-state index in [-0.39, 0.29) is 5.97 Å². The van der Waals surface area contributed by atoms with Crippen LogP contribution < -0.4 is 0 Å². The van der Waals surface area contributed by atoms with Crippen molar-refractivity contribution in [1.82, 2.24) is 4.90 Å². The Bertz CT molecular complexity index is 256. The lowest BCUT2D eigenvalue weighted by Gasteiger charge is -2.27. The van der Waals surface area contributed by atoms with Crippen LogP contribution in [0.4, 0.5) is 0 Å². The van der Waals surface area contributed by atoms with Crippen molar-refractivity contribution in [3.63, 3.8) is 0 Å². The highest BCUT2D eigenvalue weighted by molar-refractivity contribution is 5.71. The topological polar surface area (TPSA) is 38.8 Å². The largest absolute Gasteiger partial charge is 0.464 e. The van der Waals surface area contributed by atoms with E-state index in [2.05, 4.69) is 11.8 Å². The third kappa shape index (κ3) is 4.58. The van der Waals surface area contributed by atoms with Crippen molar-refractivity contribution >= 4 is 5.97 Å². The third-order valence-corrected chi connectivity index (χ3v) is 4.07. The molecule has 0 radical (unpaired) electrons. The first-order valence-electron chi connectivity index (χ1n) is 7.20. The van der Waals surface area contributed by atoms with Crippen molar-refractivity contribution in [2.24, 2.45) is 11.8 Å². The monoisotopic (exact) mass is 255 g/mol. The fourth-order valence-electron chi connectivity index (χ4n) is 2.69. The van der Waals surface area contributed by atoms with Crippen LogP contribution in [0, 0.1) is 11.8 Å². The van der Waals surface area contributed by atoms with Gasteiger partial charge in [-0.3, -0.25) is 9.69 Å². The molecule has 0 atom stereocenters. The van der Waals surface area contributed by atoms with E-state index in [0.717, 1.165) is 32.2 Å². The molecular formula is C14H25NO3. The van der Waals surface area contributed by atoms with Crippen LogP contribution in [-0.4, -0.2) is 50.3 Å². The molecule has 0 amide bonds. The van der Waals surface area contributed by atoms with E-state index in [0.29, 0.717) is 19.1 Å². The molecule has 1 saturated heterocycles. The van der Waals surface area contributed by atoms with Crippen LogP contribution in [0.15, 0.2) is 0 Å². The van der Waals surface area contributed by atoms with Gasteiger partial charge in [-0.15, -0.1) is 0 Å². The van der Waals surface area contributed by atoms with Gasteiger partial charge in [-0.25, -0.2) is 0 Å². The fourth-order valence-corrected chi connectivity index (χ4v) is 2.69. The zero-order valence-corrected chi connectivity index (χ0v) is 11.4. The minimum Gasteiger partial charge on any atom is -0.464 e. The van der Waals surface area contributed by atoms with Crippen LogP contribution in [0.25, 0.3) is 0 Å². The van der Waals surface area contributed by atoms with E-state index in [1.807, 2.05) is 0 Å². The standard InChI is InChI=1S/C14H25NO3/c1-12-2-4-13(5-3-12)11-18-14(16)10-15-6-8-17-9-7-15/h12-13H,2-11H2,1H3. The Morgan fingerprint density at radius 2 is 1.89 bits per heavy atom. The van der Waals surface area contributed by atoms with Crippen molar-refractivity contribution < 1.29 is 14.3 Å². The first kappa shape index (κ1) is 13.8. The number of ether oxygens (including phenoxy) is 2. The van der Waals surface area contributed by atoms with Crippen molar-refractivity contribution in [2.45, 2.75) is 32.6 Å². The van der Waals surface area contributed by atoms with Crippen LogP contribution in [-0.2, 0) is 14.3 Å². The lowest BCUT2D eigenvalue weighted by molar-refractivity contribution is -0.147. The number of hydrogen-bond donors (Lipinski definition) is 0. The Labute approximate surface area is 110 Å². The minimum absolute atomic E-state index is 0.0736. The number of esters is 1. The Balaban J connectivity index is 1.59. The minimum atomic E-state index is -0.0736. The number of nitrogens with zero attached hydrogens (tertiary/aromatic N) is 1. The van der Waals surface area contributed by atoms with Crippen molar-refractivity contribution in [3.05, 3.63) is 0 Å². The maximum absolute atomic E-state index is 11.7. The second-order valence-electron chi connectivity index (χ2n) is 5.70. The first-order chi connectivity index (χ1) is 8.74. The molecule has 4 nitrogen and oxygen atoms in total. The Morgan fingerprint density at radius 3 is 2.56 bits per heavy atom. The lowest BCUT2D eigenvalue weighted by Crippen LogP contribution is -2.40. The number of carbonyl (C=O) groups excluding carboxylic acids is 1. The zero-order chi connectivity index (χ0) is 12.8. The number of morpholine rings is 1. The molecule has 0 spiro atoms. The molecular weight excluding hydrogens is 230 g/mol. The van der Waals surface area contributed by atoms with Crippen molar-refractivity contribution in [2.75, 3.05) is 39.5 Å². The Hall–Kier alpha value is -0.610. The molecule has 1 heterocycles. The Kier molecular flexibility index (Phi) is 5.45. The van der Waals surface area contributed by atoms with Gasteiger partial charge >= 0.3 is 5.97 Å². The lowest BCUT2D eigenvalue weighted by atomic mass is 9.83. The predicted molar refractivity (Wildman–Crippen MR) is 69.3 cm³/mol. The molecule has 0 bridgehead atoms. The summed E-state index contributed by atoms with van der Waals surface area (Å²) in [4.78, 5) is 13.8. The molecule has 1 aliphatic carbocycles. The molecule has 0 N–H and O–H groups in total. The van der Waals surface area contributed by atoms with Gasteiger partial charge in [-0.2, -0.15) is 0 Å². The van der Waals surface area contributed by atoms with Crippen LogP contribution in [0.1, 0.15) is 32.6 Å². The zero-order valence-electron chi connectivity index (χ0n) is 11.4. The highest BCUT2D eigenvalue weighted by Crippen LogP contribution is 2.28. The first-order valence-corrected chi connectivity index (χ1v) is 7.20.